The van der Waals surface area contributed by atoms with Gasteiger partial charge in [0.25, 0.3) is 0 Å². The largest absolute Gasteiger partial charge is 0.393 e. The van der Waals surface area contributed by atoms with Gasteiger partial charge in [-0.15, -0.1) is 0 Å². The molecule has 1 aromatic carbocycles. The fourth-order valence-corrected chi connectivity index (χ4v) is 2.67. The molecule has 1 aliphatic rings. The molecular weight excluding hydrogens is 236 g/mol. The van der Waals surface area contributed by atoms with E-state index in [0.717, 1.165) is 32.6 Å². The van der Waals surface area contributed by atoms with E-state index in [9.17, 15) is 5.11 Å². The van der Waals surface area contributed by atoms with Crippen LogP contribution in [-0.4, -0.2) is 41.8 Å². The van der Waals surface area contributed by atoms with Crippen LogP contribution >= 0.6 is 0 Å². The van der Waals surface area contributed by atoms with Crippen molar-refractivity contribution in [2.24, 2.45) is 5.92 Å². The van der Waals surface area contributed by atoms with Crippen LogP contribution in [0.1, 0.15) is 25.8 Å². The molecule has 1 fully saturated rings. The van der Waals surface area contributed by atoms with Crippen molar-refractivity contribution in [3.8, 4) is 0 Å². The van der Waals surface area contributed by atoms with Crippen LogP contribution in [0.5, 0.6) is 0 Å². The second-order valence-corrected chi connectivity index (χ2v) is 5.90. The number of nitrogens with zero attached hydrogens (tertiary/aromatic N) is 1. The molecule has 0 spiro atoms. The van der Waals surface area contributed by atoms with Crippen molar-refractivity contribution in [3.63, 3.8) is 0 Å². The minimum absolute atomic E-state index is 0.154. The SMILES string of the molecule is CC(C)NC[C@H]1CN(Cc2ccccc2)CC[C@H]1O. The predicted octanol–water partition coefficient (Wildman–Crippen LogP) is 1.87. The summed E-state index contributed by atoms with van der Waals surface area (Å²) in [6.45, 7) is 8.17. The highest BCUT2D eigenvalue weighted by molar-refractivity contribution is 5.14. The molecule has 2 rings (SSSR count). The Morgan fingerprint density at radius 3 is 2.74 bits per heavy atom. The van der Waals surface area contributed by atoms with E-state index in [1.165, 1.54) is 5.56 Å². The second-order valence-electron chi connectivity index (χ2n) is 5.90. The molecule has 0 saturated carbocycles. The molecule has 0 bridgehead atoms. The van der Waals surface area contributed by atoms with Crippen LogP contribution in [0.2, 0.25) is 0 Å². The zero-order valence-electron chi connectivity index (χ0n) is 12.0. The number of hydrogen-bond acceptors (Lipinski definition) is 3. The molecule has 0 amide bonds. The number of likely N-dealkylation sites (tertiary alicyclic amines) is 1. The number of piperidine rings is 1. The van der Waals surface area contributed by atoms with E-state index in [1.54, 1.807) is 0 Å². The van der Waals surface area contributed by atoms with Crippen molar-refractivity contribution in [2.45, 2.75) is 39.0 Å². The molecule has 3 nitrogen and oxygen atoms in total. The average molecular weight is 262 g/mol. The zero-order chi connectivity index (χ0) is 13.7. The van der Waals surface area contributed by atoms with Gasteiger partial charge in [-0.25, -0.2) is 0 Å². The molecule has 19 heavy (non-hydrogen) atoms. The Morgan fingerprint density at radius 1 is 1.32 bits per heavy atom. The van der Waals surface area contributed by atoms with E-state index in [-0.39, 0.29) is 6.10 Å². The molecule has 0 unspecified atom stereocenters. The third-order valence-electron chi connectivity index (χ3n) is 3.82. The molecular formula is C16H26N2O. The van der Waals surface area contributed by atoms with E-state index in [4.69, 9.17) is 0 Å². The first-order valence-electron chi connectivity index (χ1n) is 7.33. The summed E-state index contributed by atoms with van der Waals surface area (Å²) in [6, 6.07) is 11.1. The summed E-state index contributed by atoms with van der Waals surface area (Å²) < 4.78 is 0. The van der Waals surface area contributed by atoms with Gasteiger partial charge >= 0.3 is 0 Å². The minimum atomic E-state index is -0.154. The van der Waals surface area contributed by atoms with Gasteiger partial charge in [-0.2, -0.15) is 0 Å². The maximum absolute atomic E-state index is 10.1. The van der Waals surface area contributed by atoms with Crippen molar-refractivity contribution < 1.29 is 5.11 Å². The molecule has 0 aromatic heterocycles. The quantitative estimate of drug-likeness (QED) is 0.850. The Bertz CT molecular complexity index is 366. The second kappa shape index (κ2) is 7.04. The molecule has 2 N–H and O–H groups in total. The summed E-state index contributed by atoms with van der Waals surface area (Å²) >= 11 is 0. The third-order valence-corrected chi connectivity index (χ3v) is 3.82. The number of rotatable bonds is 5. The fraction of sp³-hybridized carbons (Fsp3) is 0.625. The van der Waals surface area contributed by atoms with Gasteiger partial charge in [0.1, 0.15) is 0 Å². The summed E-state index contributed by atoms with van der Waals surface area (Å²) in [5.74, 6) is 0.347. The monoisotopic (exact) mass is 262 g/mol. The number of nitrogens with one attached hydrogen (secondary N) is 1. The van der Waals surface area contributed by atoms with Crippen molar-refractivity contribution >= 4 is 0 Å². The standard InChI is InChI=1S/C16H26N2O/c1-13(2)17-10-15-12-18(9-8-16(15)19)11-14-6-4-3-5-7-14/h3-7,13,15-17,19H,8-12H2,1-2H3/t15-,16+/m0/s1. The number of hydrogen-bond donors (Lipinski definition) is 2. The maximum Gasteiger partial charge on any atom is 0.0605 e. The van der Waals surface area contributed by atoms with Gasteiger partial charge in [-0.05, 0) is 12.0 Å². The molecule has 1 aliphatic heterocycles. The van der Waals surface area contributed by atoms with Gasteiger partial charge in [0.2, 0.25) is 0 Å². The average Bonchev–Trinajstić information content (AvgIpc) is 2.40. The third kappa shape index (κ3) is 4.60. The first-order valence-corrected chi connectivity index (χ1v) is 7.33. The lowest BCUT2D eigenvalue weighted by Gasteiger charge is -2.36. The maximum atomic E-state index is 10.1. The Balaban J connectivity index is 1.86. The first kappa shape index (κ1) is 14.5. The van der Waals surface area contributed by atoms with E-state index in [0.29, 0.717) is 12.0 Å². The van der Waals surface area contributed by atoms with Gasteiger partial charge in [0, 0.05) is 38.1 Å². The fourth-order valence-electron chi connectivity index (χ4n) is 2.67. The lowest BCUT2D eigenvalue weighted by Crippen LogP contribution is -2.47. The van der Waals surface area contributed by atoms with Crippen LogP contribution in [-0.2, 0) is 6.54 Å². The highest BCUT2D eigenvalue weighted by atomic mass is 16.3. The normalized spacial score (nSPS) is 24.8. The number of aliphatic hydroxyl groups excluding tert-OH is 1. The molecule has 1 heterocycles. The molecule has 2 atom stereocenters. The van der Waals surface area contributed by atoms with Gasteiger partial charge in [-0.3, -0.25) is 4.90 Å². The van der Waals surface area contributed by atoms with Crippen molar-refractivity contribution in [3.05, 3.63) is 35.9 Å². The molecule has 3 heteroatoms. The van der Waals surface area contributed by atoms with Gasteiger partial charge in [0.15, 0.2) is 0 Å². The van der Waals surface area contributed by atoms with Gasteiger partial charge < -0.3 is 10.4 Å². The van der Waals surface area contributed by atoms with Crippen molar-refractivity contribution in [1.82, 2.24) is 10.2 Å². The minimum Gasteiger partial charge on any atom is -0.393 e. The summed E-state index contributed by atoms with van der Waals surface area (Å²) in [7, 11) is 0. The highest BCUT2D eigenvalue weighted by Crippen LogP contribution is 2.19. The summed E-state index contributed by atoms with van der Waals surface area (Å²) in [4.78, 5) is 2.45. The Morgan fingerprint density at radius 2 is 2.05 bits per heavy atom. The van der Waals surface area contributed by atoms with E-state index in [2.05, 4.69) is 54.4 Å². The lowest BCUT2D eigenvalue weighted by molar-refractivity contribution is 0.0233. The van der Waals surface area contributed by atoms with Crippen molar-refractivity contribution in [1.29, 1.82) is 0 Å². The number of benzene rings is 1. The molecule has 106 valence electrons. The molecule has 1 saturated heterocycles. The highest BCUT2D eigenvalue weighted by Gasteiger charge is 2.27. The molecule has 0 aliphatic carbocycles. The summed E-state index contributed by atoms with van der Waals surface area (Å²) in [5, 5.41) is 13.5. The van der Waals surface area contributed by atoms with Gasteiger partial charge in [0.05, 0.1) is 6.10 Å². The first-order chi connectivity index (χ1) is 9.15. The number of aliphatic hydroxyl groups is 1. The Hall–Kier alpha value is -0.900. The van der Waals surface area contributed by atoms with E-state index < -0.39 is 0 Å². The summed E-state index contributed by atoms with van der Waals surface area (Å²) in [6.07, 6.45) is 0.732. The van der Waals surface area contributed by atoms with Crippen LogP contribution in [0.3, 0.4) is 0 Å². The van der Waals surface area contributed by atoms with Crippen LogP contribution in [0.25, 0.3) is 0 Å². The molecule has 0 radical (unpaired) electrons. The predicted molar refractivity (Wildman–Crippen MR) is 79.0 cm³/mol. The Kier molecular flexibility index (Phi) is 5.37. The van der Waals surface area contributed by atoms with Gasteiger partial charge in [-0.1, -0.05) is 44.2 Å². The van der Waals surface area contributed by atoms with Crippen LogP contribution in [0, 0.1) is 5.92 Å². The van der Waals surface area contributed by atoms with Crippen LogP contribution in [0.4, 0.5) is 0 Å². The summed E-state index contributed by atoms with van der Waals surface area (Å²) in [5.41, 5.74) is 1.36. The van der Waals surface area contributed by atoms with E-state index in [1.807, 2.05) is 0 Å². The van der Waals surface area contributed by atoms with Crippen LogP contribution < -0.4 is 5.32 Å². The van der Waals surface area contributed by atoms with Crippen LogP contribution in [0.15, 0.2) is 30.3 Å². The van der Waals surface area contributed by atoms with E-state index >= 15 is 0 Å². The zero-order valence-corrected chi connectivity index (χ0v) is 12.0. The Labute approximate surface area is 116 Å². The lowest BCUT2D eigenvalue weighted by atomic mass is 9.94. The topological polar surface area (TPSA) is 35.5 Å². The smallest absolute Gasteiger partial charge is 0.0605 e. The van der Waals surface area contributed by atoms with Crippen molar-refractivity contribution in [2.75, 3.05) is 19.6 Å². The molecule has 1 aromatic rings.